The summed E-state index contributed by atoms with van der Waals surface area (Å²) in [7, 11) is 0. The van der Waals surface area contributed by atoms with Gasteiger partial charge in [0.15, 0.2) is 5.16 Å². The van der Waals surface area contributed by atoms with E-state index in [0.29, 0.717) is 37.3 Å². The van der Waals surface area contributed by atoms with Gasteiger partial charge in [0.2, 0.25) is 5.91 Å². The highest BCUT2D eigenvalue weighted by Crippen LogP contribution is 2.30. The van der Waals surface area contributed by atoms with Gasteiger partial charge in [0.25, 0.3) is 5.56 Å². The molecule has 160 valence electrons. The zero-order valence-corrected chi connectivity index (χ0v) is 19.6. The Labute approximate surface area is 197 Å². The Morgan fingerprint density at radius 3 is 2.66 bits per heavy atom. The van der Waals surface area contributed by atoms with Crippen LogP contribution in [0, 0.1) is 25.2 Å². The monoisotopic (exact) mass is 480 g/mol. The summed E-state index contributed by atoms with van der Waals surface area (Å²) in [6, 6.07) is 15.8. The lowest BCUT2D eigenvalue weighted by atomic mass is 10.2. The van der Waals surface area contributed by atoms with Gasteiger partial charge in [-0.3, -0.25) is 14.2 Å². The lowest BCUT2D eigenvalue weighted by molar-refractivity contribution is -0.113. The van der Waals surface area contributed by atoms with Gasteiger partial charge in [0.05, 0.1) is 28.1 Å². The van der Waals surface area contributed by atoms with Crippen LogP contribution in [0.25, 0.3) is 15.9 Å². The topological polar surface area (TPSA) is 87.8 Å². The minimum atomic E-state index is -0.298. The fourth-order valence-corrected chi connectivity index (χ4v) is 5.20. The third-order valence-corrected chi connectivity index (χ3v) is 7.20. The molecule has 0 unspecified atom stereocenters. The Bertz CT molecular complexity index is 1440. The molecule has 9 heteroatoms. The molecule has 0 fully saturated rings. The smallest absolute Gasteiger partial charge is 0.267 e. The molecule has 0 spiro atoms. The molecule has 32 heavy (non-hydrogen) atoms. The average molecular weight is 481 g/mol. The Kier molecular flexibility index (Phi) is 6.33. The molecule has 4 aromatic rings. The normalized spacial score (nSPS) is 10.8. The molecule has 0 saturated heterocycles. The number of thiophene rings is 1. The van der Waals surface area contributed by atoms with Crippen molar-refractivity contribution in [3.8, 4) is 11.8 Å². The summed E-state index contributed by atoms with van der Waals surface area (Å²) >= 11 is 8.65. The molecule has 0 bridgehead atoms. The number of anilines is 1. The number of hydrogen-bond acceptors (Lipinski definition) is 6. The second kappa shape index (κ2) is 9.17. The summed E-state index contributed by atoms with van der Waals surface area (Å²) in [5.74, 6) is -0.275. The Hall–Kier alpha value is -3.12. The molecule has 2 heterocycles. The predicted molar refractivity (Wildman–Crippen MR) is 130 cm³/mol. The number of carbonyl (C=O) groups is 1. The van der Waals surface area contributed by atoms with E-state index >= 15 is 0 Å². The zero-order valence-electron chi connectivity index (χ0n) is 17.2. The summed E-state index contributed by atoms with van der Waals surface area (Å²) in [6.45, 7) is 3.87. The molecule has 0 atom stereocenters. The molecule has 2 aromatic heterocycles. The van der Waals surface area contributed by atoms with Crippen LogP contribution in [0.4, 0.5) is 5.69 Å². The van der Waals surface area contributed by atoms with Gasteiger partial charge in [-0.2, -0.15) is 5.26 Å². The third-order valence-electron chi connectivity index (χ3n) is 4.91. The molecule has 6 nitrogen and oxygen atoms in total. The summed E-state index contributed by atoms with van der Waals surface area (Å²) in [5.41, 5.74) is 2.18. The maximum absolute atomic E-state index is 13.4. The number of nitriles is 1. The summed E-state index contributed by atoms with van der Waals surface area (Å²) in [6.07, 6.45) is 0. The number of nitrogens with one attached hydrogen (secondary N) is 1. The molecule has 0 saturated carbocycles. The van der Waals surface area contributed by atoms with Gasteiger partial charge in [-0.15, -0.1) is 11.3 Å². The standard InChI is InChI=1S/C23H17ClN4O2S2/c1-13-14(2)32-21-20(13)22(30)28(17-9-7-16(24)8-10-17)23(27-21)31-12-19(29)26-18-6-4-3-5-15(18)11-25/h3-10H,12H2,1-2H3,(H,26,29). The van der Waals surface area contributed by atoms with Gasteiger partial charge in [0, 0.05) is 9.90 Å². The number of fused-ring (bicyclic) bond motifs is 1. The molecular formula is C23H17ClN4O2S2. The largest absolute Gasteiger partial charge is 0.324 e. The van der Waals surface area contributed by atoms with Crippen LogP contribution in [-0.4, -0.2) is 21.2 Å². The van der Waals surface area contributed by atoms with Crippen LogP contribution in [0.15, 0.2) is 58.5 Å². The number of aryl methyl sites for hydroxylation is 2. The van der Waals surface area contributed by atoms with Crippen LogP contribution >= 0.6 is 34.7 Å². The number of aromatic nitrogens is 2. The minimum absolute atomic E-state index is 0.0225. The van der Waals surface area contributed by atoms with E-state index in [-0.39, 0.29) is 17.2 Å². The number of hydrogen-bond donors (Lipinski definition) is 1. The fourth-order valence-electron chi connectivity index (χ4n) is 3.20. The average Bonchev–Trinajstić information content (AvgIpc) is 3.07. The number of carbonyl (C=O) groups excluding carboxylic acids is 1. The van der Waals surface area contributed by atoms with E-state index in [0.717, 1.165) is 22.2 Å². The predicted octanol–water partition coefficient (Wildman–Crippen LogP) is 5.32. The number of thioether (sulfide) groups is 1. The second-order valence-electron chi connectivity index (χ2n) is 6.97. The van der Waals surface area contributed by atoms with E-state index in [4.69, 9.17) is 16.6 Å². The maximum atomic E-state index is 13.4. The van der Waals surface area contributed by atoms with Crippen LogP contribution < -0.4 is 10.9 Å². The number of para-hydroxylation sites is 1. The van der Waals surface area contributed by atoms with Crippen molar-refractivity contribution in [1.29, 1.82) is 5.26 Å². The molecule has 4 rings (SSSR count). The highest BCUT2D eigenvalue weighted by molar-refractivity contribution is 7.99. The summed E-state index contributed by atoms with van der Waals surface area (Å²) in [5, 5.41) is 13.5. The molecule has 0 aliphatic carbocycles. The fraction of sp³-hybridized carbons (Fsp3) is 0.130. The molecule has 0 aliphatic heterocycles. The third kappa shape index (κ3) is 4.28. The van der Waals surface area contributed by atoms with Crippen molar-refractivity contribution in [2.24, 2.45) is 0 Å². The molecular weight excluding hydrogens is 464 g/mol. The van der Waals surface area contributed by atoms with Gasteiger partial charge in [-0.05, 0) is 55.8 Å². The first-order chi connectivity index (χ1) is 15.4. The SMILES string of the molecule is Cc1sc2nc(SCC(=O)Nc3ccccc3C#N)n(-c3ccc(Cl)cc3)c(=O)c2c1C. The Morgan fingerprint density at radius 2 is 1.94 bits per heavy atom. The Balaban J connectivity index is 1.70. The van der Waals surface area contributed by atoms with Crippen LogP contribution in [0.2, 0.25) is 5.02 Å². The molecule has 1 amide bonds. The highest BCUT2D eigenvalue weighted by Gasteiger charge is 2.19. The lowest BCUT2D eigenvalue weighted by Crippen LogP contribution is -2.23. The van der Waals surface area contributed by atoms with Gasteiger partial charge < -0.3 is 5.32 Å². The summed E-state index contributed by atoms with van der Waals surface area (Å²) < 4.78 is 1.51. The highest BCUT2D eigenvalue weighted by atomic mass is 35.5. The van der Waals surface area contributed by atoms with Crippen LogP contribution in [0.1, 0.15) is 16.0 Å². The Morgan fingerprint density at radius 1 is 1.22 bits per heavy atom. The number of benzene rings is 2. The van der Waals surface area contributed by atoms with E-state index in [1.54, 1.807) is 48.5 Å². The van der Waals surface area contributed by atoms with Crippen LogP contribution in [-0.2, 0) is 4.79 Å². The number of amides is 1. The van der Waals surface area contributed by atoms with E-state index in [2.05, 4.69) is 11.4 Å². The molecule has 0 aliphatic rings. The van der Waals surface area contributed by atoms with Crippen LogP contribution in [0.5, 0.6) is 0 Å². The first-order valence-corrected chi connectivity index (χ1v) is 11.8. The van der Waals surface area contributed by atoms with Crippen molar-refractivity contribution in [3.05, 3.63) is 79.9 Å². The number of halogens is 1. The minimum Gasteiger partial charge on any atom is -0.324 e. The van der Waals surface area contributed by atoms with Gasteiger partial charge in [-0.25, -0.2) is 4.98 Å². The first-order valence-electron chi connectivity index (χ1n) is 9.59. The first kappa shape index (κ1) is 22.1. The van der Waals surface area contributed by atoms with Crippen molar-refractivity contribution in [1.82, 2.24) is 9.55 Å². The van der Waals surface area contributed by atoms with Gasteiger partial charge >= 0.3 is 0 Å². The molecule has 1 N–H and O–H groups in total. The van der Waals surface area contributed by atoms with Gasteiger partial charge in [-0.1, -0.05) is 35.5 Å². The molecule has 0 radical (unpaired) electrons. The second-order valence-corrected chi connectivity index (χ2v) is 9.55. The van der Waals surface area contributed by atoms with Crippen molar-refractivity contribution < 1.29 is 4.79 Å². The van der Waals surface area contributed by atoms with E-state index in [1.807, 2.05) is 13.8 Å². The van der Waals surface area contributed by atoms with Crippen molar-refractivity contribution in [3.63, 3.8) is 0 Å². The maximum Gasteiger partial charge on any atom is 0.267 e. The number of rotatable bonds is 5. The van der Waals surface area contributed by atoms with Crippen LogP contribution in [0.3, 0.4) is 0 Å². The van der Waals surface area contributed by atoms with Gasteiger partial charge in [0.1, 0.15) is 10.9 Å². The quantitative estimate of drug-likeness (QED) is 0.308. The number of nitrogens with zero attached hydrogens (tertiary/aromatic N) is 3. The van der Waals surface area contributed by atoms with E-state index in [1.165, 1.54) is 15.9 Å². The molecule has 2 aromatic carbocycles. The lowest BCUT2D eigenvalue weighted by Gasteiger charge is -2.13. The summed E-state index contributed by atoms with van der Waals surface area (Å²) in [4.78, 5) is 32.4. The zero-order chi connectivity index (χ0) is 22.8. The van der Waals surface area contributed by atoms with Crippen molar-refractivity contribution >= 4 is 56.5 Å². The van der Waals surface area contributed by atoms with E-state index < -0.39 is 0 Å². The van der Waals surface area contributed by atoms with Crippen molar-refractivity contribution in [2.45, 2.75) is 19.0 Å². The van der Waals surface area contributed by atoms with Crippen molar-refractivity contribution in [2.75, 3.05) is 11.1 Å². The van der Waals surface area contributed by atoms with E-state index in [9.17, 15) is 14.9 Å².